The van der Waals surface area contributed by atoms with Gasteiger partial charge in [-0.3, -0.25) is 4.79 Å². The molecule has 2 heterocycles. The summed E-state index contributed by atoms with van der Waals surface area (Å²) in [6.45, 7) is 1.85. The highest BCUT2D eigenvalue weighted by atomic mass is 32.2. The summed E-state index contributed by atoms with van der Waals surface area (Å²) in [5, 5.41) is 9.09. The number of para-hydroxylation sites is 1. The van der Waals surface area contributed by atoms with Gasteiger partial charge in [0.05, 0.1) is 5.25 Å². The van der Waals surface area contributed by atoms with Crippen LogP contribution in [-0.4, -0.2) is 26.2 Å². The van der Waals surface area contributed by atoms with Gasteiger partial charge in [0, 0.05) is 28.2 Å². The van der Waals surface area contributed by atoms with E-state index in [1.54, 1.807) is 6.20 Å². The molecular weight excluding hydrogens is 334 g/mol. The summed E-state index contributed by atoms with van der Waals surface area (Å²) in [6.07, 6.45) is 1.76. The molecule has 1 N–H and O–H groups in total. The first kappa shape index (κ1) is 15.7. The maximum atomic E-state index is 12.8. The zero-order valence-corrected chi connectivity index (χ0v) is 14.3. The molecule has 0 saturated carbocycles. The van der Waals surface area contributed by atoms with Crippen LogP contribution in [0.4, 0.5) is 0 Å². The Bertz CT molecular complexity index is 1020. The van der Waals surface area contributed by atoms with Gasteiger partial charge < -0.3 is 9.40 Å². The lowest BCUT2D eigenvalue weighted by Gasteiger charge is -2.06. The Hall–Kier alpha value is -2.86. The molecule has 0 radical (unpaired) electrons. The zero-order valence-electron chi connectivity index (χ0n) is 13.5. The molecule has 0 saturated heterocycles. The van der Waals surface area contributed by atoms with E-state index in [2.05, 4.69) is 15.2 Å². The van der Waals surface area contributed by atoms with Gasteiger partial charge in [-0.05, 0) is 25.1 Å². The van der Waals surface area contributed by atoms with Crippen molar-refractivity contribution in [3.05, 3.63) is 66.4 Å². The summed E-state index contributed by atoms with van der Waals surface area (Å²) in [7, 11) is 0. The Kier molecular flexibility index (Phi) is 4.11. The van der Waals surface area contributed by atoms with Crippen molar-refractivity contribution in [2.24, 2.45) is 0 Å². The van der Waals surface area contributed by atoms with Crippen LogP contribution in [0.5, 0.6) is 0 Å². The summed E-state index contributed by atoms with van der Waals surface area (Å²) in [5.74, 6) is 0.483. The first-order chi connectivity index (χ1) is 12.2. The molecule has 4 rings (SSSR count). The first-order valence-corrected chi connectivity index (χ1v) is 8.76. The molecule has 0 aliphatic carbocycles. The van der Waals surface area contributed by atoms with Crippen molar-refractivity contribution < 1.29 is 9.21 Å². The summed E-state index contributed by atoms with van der Waals surface area (Å²) >= 11 is 1.27. The molecule has 25 heavy (non-hydrogen) atoms. The number of hydrogen-bond acceptors (Lipinski definition) is 5. The minimum Gasteiger partial charge on any atom is -0.411 e. The first-order valence-electron chi connectivity index (χ1n) is 7.88. The van der Waals surface area contributed by atoms with Gasteiger partial charge in [-0.25, -0.2) is 0 Å². The number of fused-ring (bicyclic) bond motifs is 1. The van der Waals surface area contributed by atoms with E-state index in [9.17, 15) is 4.79 Å². The van der Waals surface area contributed by atoms with E-state index in [-0.39, 0.29) is 11.0 Å². The molecule has 0 fully saturated rings. The molecule has 0 amide bonds. The van der Waals surface area contributed by atoms with E-state index < -0.39 is 0 Å². The Morgan fingerprint density at radius 2 is 1.84 bits per heavy atom. The number of ketones is 1. The Labute approximate surface area is 148 Å². The standard InChI is InChI=1S/C19H15N3O2S/c1-12(17(23)15-11-20-16-10-6-5-9-14(15)16)25-19-22-21-18(24-19)13-7-3-2-4-8-13/h2-12,20H,1H3/t12-/m0/s1. The molecule has 0 aliphatic rings. The van der Waals surface area contributed by atoms with Gasteiger partial charge >= 0.3 is 0 Å². The number of rotatable bonds is 5. The number of carbonyl (C=O) groups is 1. The van der Waals surface area contributed by atoms with Gasteiger partial charge in [0.25, 0.3) is 5.22 Å². The highest BCUT2D eigenvalue weighted by Crippen LogP contribution is 2.29. The fraction of sp³-hybridized carbons (Fsp3) is 0.105. The van der Waals surface area contributed by atoms with E-state index in [1.807, 2.05) is 61.5 Å². The van der Waals surface area contributed by atoms with E-state index >= 15 is 0 Å². The fourth-order valence-corrected chi connectivity index (χ4v) is 3.41. The van der Waals surface area contributed by atoms with Crippen molar-refractivity contribution in [1.29, 1.82) is 0 Å². The average molecular weight is 349 g/mol. The molecule has 5 nitrogen and oxygen atoms in total. The third-order valence-corrected chi connectivity index (χ3v) is 4.86. The number of aromatic amines is 1. The highest BCUT2D eigenvalue weighted by Gasteiger charge is 2.22. The van der Waals surface area contributed by atoms with Crippen LogP contribution in [0.2, 0.25) is 0 Å². The van der Waals surface area contributed by atoms with Crippen molar-refractivity contribution >= 4 is 28.4 Å². The average Bonchev–Trinajstić information content (AvgIpc) is 3.29. The van der Waals surface area contributed by atoms with Crippen molar-refractivity contribution in [3.8, 4) is 11.5 Å². The Balaban J connectivity index is 1.53. The van der Waals surface area contributed by atoms with Crippen molar-refractivity contribution in [1.82, 2.24) is 15.2 Å². The number of hydrogen-bond donors (Lipinski definition) is 1. The molecule has 0 unspecified atom stereocenters. The SMILES string of the molecule is C[C@H](Sc1nnc(-c2ccccc2)o1)C(=O)c1c[nH]c2ccccc12. The van der Waals surface area contributed by atoms with Crippen LogP contribution in [0.1, 0.15) is 17.3 Å². The van der Waals surface area contributed by atoms with Crippen LogP contribution in [0.15, 0.2) is 70.4 Å². The van der Waals surface area contributed by atoms with Crippen LogP contribution in [0.25, 0.3) is 22.4 Å². The third kappa shape index (κ3) is 3.08. The number of Topliss-reactive ketones (excluding diaryl/α,β-unsaturated/α-hetero) is 1. The van der Waals surface area contributed by atoms with E-state index in [1.165, 1.54) is 11.8 Å². The lowest BCUT2D eigenvalue weighted by atomic mass is 10.1. The van der Waals surface area contributed by atoms with Crippen LogP contribution >= 0.6 is 11.8 Å². The van der Waals surface area contributed by atoms with Gasteiger partial charge in [-0.1, -0.05) is 48.2 Å². The van der Waals surface area contributed by atoms with E-state index in [4.69, 9.17) is 4.42 Å². The molecule has 0 aliphatic heterocycles. The van der Waals surface area contributed by atoms with Gasteiger partial charge in [0.2, 0.25) is 5.89 Å². The number of H-pyrrole nitrogens is 1. The highest BCUT2D eigenvalue weighted by molar-refractivity contribution is 8.00. The van der Waals surface area contributed by atoms with Crippen LogP contribution in [0.3, 0.4) is 0 Å². The van der Waals surface area contributed by atoms with Crippen molar-refractivity contribution in [3.63, 3.8) is 0 Å². The fourth-order valence-electron chi connectivity index (χ4n) is 2.65. The summed E-state index contributed by atoms with van der Waals surface area (Å²) in [6, 6.07) is 17.3. The Morgan fingerprint density at radius 3 is 2.68 bits per heavy atom. The molecule has 6 heteroatoms. The van der Waals surface area contributed by atoms with E-state index in [0.29, 0.717) is 16.7 Å². The molecular formula is C19H15N3O2S. The second-order valence-corrected chi connectivity index (χ2v) is 6.90. The molecule has 4 aromatic rings. The predicted octanol–water partition coefficient (Wildman–Crippen LogP) is 4.58. The molecule has 1 atom stereocenters. The Morgan fingerprint density at radius 1 is 1.08 bits per heavy atom. The van der Waals surface area contributed by atoms with Crippen LogP contribution in [-0.2, 0) is 0 Å². The molecule has 2 aromatic carbocycles. The van der Waals surface area contributed by atoms with Gasteiger partial charge in [0.1, 0.15) is 0 Å². The van der Waals surface area contributed by atoms with Gasteiger partial charge in [-0.2, -0.15) is 0 Å². The number of thioether (sulfide) groups is 1. The van der Waals surface area contributed by atoms with Crippen molar-refractivity contribution in [2.75, 3.05) is 0 Å². The molecule has 2 aromatic heterocycles. The maximum Gasteiger partial charge on any atom is 0.277 e. The molecule has 0 spiro atoms. The number of nitrogens with zero attached hydrogens (tertiary/aromatic N) is 2. The third-order valence-electron chi connectivity index (χ3n) is 3.93. The lowest BCUT2D eigenvalue weighted by molar-refractivity contribution is 0.0995. The minimum absolute atomic E-state index is 0.0295. The summed E-state index contributed by atoms with van der Waals surface area (Å²) in [5.41, 5.74) is 2.49. The predicted molar refractivity (Wildman–Crippen MR) is 97.7 cm³/mol. The largest absolute Gasteiger partial charge is 0.411 e. The normalized spacial score (nSPS) is 12.4. The van der Waals surface area contributed by atoms with Crippen LogP contribution < -0.4 is 0 Å². The second-order valence-electron chi connectivity index (χ2n) is 5.61. The van der Waals surface area contributed by atoms with Crippen molar-refractivity contribution in [2.45, 2.75) is 17.4 Å². The molecule has 124 valence electrons. The lowest BCUT2D eigenvalue weighted by Crippen LogP contribution is -2.13. The van der Waals surface area contributed by atoms with Gasteiger partial charge in [0.15, 0.2) is 5.78 Å². The molecule has 0 bridgehead atoms. The summed E-state index contributed by atoms with van der Waals surface area (Å²) < 4.78 is 5.68. The second kappa shape index (κ2) is 6.57. The number of carbonyl (C=O) groups excluding carboxylic acids is 1. The topological polar surface area (TPSA) is 71.8 Å². The minimum atomic E-state index is -0.330. The van der Waals surface area contributed by atoms with Gasteiger partial charge in [-0.15, -0.1) is 10.2 Å². The maximum absolute atomic E-state index is 12.8. The number of benzene rings is 2. The number of aromatic nitrogens is 3. The van der Waals surface area contributed by atoms with Crippen LogP contribution in [0, 0.1) is 0 Å². The number of nitrogens with one attached hydrogen (secondary N) is 1. The van der Waals surface area contributed by atoms with E-state index in [0.717, 1.165) is 16.5 Å². The quantitative estimate of drug-likeness (QED) is 0.422. The monoisotopic (exact) mass is 349 g/mol. The summed E-state index contributed by atoms with van der Waals surface area (Å²) in [4.78, 5) is 15.9. The zero-order chi connectivity index (χ0) is 17.2. The smallest absolute Gasteiger partial charge is 0.277 e.